The van der Waals surface area contributed by atoms with Crippen LogP contribution in [0.2, 0.25) is 0 Å². The summed E-state index contributed by atoms with van der Waals surface area (Å²) in [5.41, 5.74) is 2.42. The van der Waals surface area contributed by atoms with E-state index in [4.69, 9.17) is 4.42 Å². The molecule has 0 saturated carbocycles. The highest BCUT2D eigenvalue weighted by Gasteiger charge is 2.04. The summed E-state index contributed by atoms with van der Waals surface area (Å²) < 4.78 is 6.94. The number of nitrogens with one attached hydrogen (secondary N) is 1. The predicted molar refractivity (Wildman–Crippen MR) is 84.0 cm³/mol. The lowest BCUT2D eigenvalue weighted by Gasteiger charge is -2.02. The van der Waals surface area contributed by atoms with E-state index in [-0.39, 0.29) is 0 Å². The highest BCUT2D eigenvalue weighted by molar-refractivity contribution is 9.10. The summed E-state index contributed by atoms with van der Waals surface area (Å²) in [5, 5.41) is 3.17. The summed E-state index contributed by atoms with van der Waals surface area (Å²) in [4.78, 5) is 0. The molecule has 0 unspecified atom stereocenters. The van der Waals surface area contributed by atoms with E-state index in [0.717, 1.165) is 34.5 Å². The van der Waals surface area contributed by atoms with Gasteiger partial charge in [0.25, 0.3) is 0 Å². The van der Waals surface area contributed by atoms with Crippen molar-refractivity contribution >= 4 is 22.0 Å². The molecule has 2 nitrogen and oxygen atoms in total. The number of benzene rings is 1. The van der Waals surface area contributed by atoms with Gasteiger partial charge in [0.2, 0.25) is 0 Å². The van der Waals surface area contributed by atoms with Crippen molar-refractivity contribution in [2.75, 3.05) is 13.6 Å². The minimum atomic E-state index is 0.894. The van der Waals surface area contributed by atoms with Crippen LogP contribution in [0.3, 0.4) is 0 Å². The third-order valence-corrected chi connectivity index (χ3v) is 3.49. The minimum Gasteiger partial charge on any atom is -0.457 e. The lowest BCUT2D eigenvalue weighted by Crippen LogP contribution is -2.09. The summed E-state index contributed by atoms with van der Waals surface area (Å²) in [6.07, 6.45) is 3.13. The summed E-state index contributed by atoms with van der Waals surface area (Å²) in [5.74, 6) is 1.81. The molecule has 2 rings (SSSR count). The Morgan fingerprint density at radius 1 is 1.21 bits per heavy atom. The van der Waals surface area contributed by atoms with Crippen molar-refractivity contribution < 1.29 is 4.42 Å². The lowest BCUT2D eigenvalue weighted by molar-refractivity contribution is 0.570. The average Bonchev–Trinajstić information content (AvgIpc) is 2.87. The maximum atomic E-state index is 5.87. The molecule has 0 bridgehead atoms. The van der Waals surface area contributed by atoms with Gasteiger partial charge in [-0.1, -0.05) is 40.6 Å². The third kappa shape index (κ3) is 3.82. The Kier molecular flexibility index (Phi) is 5.00. The summed E-state index contributed by atoms with van der Waals surface area (Å²) >= 11 is 3.44. The van der Waals surface area contributed by atoms with Crippen molar-refractivity contribution in [3.05, 3.63) is 52.2 Å². The standard InChI is InChI=1S/C16H18BrNO/c1-3-12(11-18-2)10-15-8-9-16(19-15)13-4-6-14(17)7-5-13/h4-10,18H,3,11H2,1-2H3. The predicted octanol–water partition coefficient (Wildman–Crippen LogP) is 4.72. The molecule has 0 spiro atoms. The molecule has 0 aliphatic rings. The Hall–Kier alpha value is -1.32. The molecule has 1 aromatic heterocycles. The zero-order valence-electron chi connectivity index (χ0n) is 11.2. The van der Waals surface area contributed by atoms with E-state index < -0.39 is 0 Å². The number of halogens is 1. The largest absolute Gasteiger partial charge is 0.457 e. The van der Waals surface area contributed by atoms with E-state index in [2.05, 4.69) is 34.2 Å². The lowest BCUT2D eigenvalue weighted by atomic mass is 10.1. The van der Waals surface area contributed by atoms with Crippen LogP contribution in [0.1, 0.15) is 19.1 Å². The molecule has 19 heavy (non-hydrogen) atoms. The molecule has 0 aliphatic heterocycles. The molecule has 2 aromatic rings. The Bertz CT molecular complexity index is 554. The maximum Gasteiger partial charge on any atom is 0.134 e. The van der Waals surface area contributed by atoms with Crippen LogP contribution in [0.15, 0.2) is 50.9 Å². The molecule has 1 heterocycles. The van der Waals surface area contributed by atoms with Gasteiger partial charge in [-0.3, -0.25) is 0 Å². The van der Waals surface area contributed by atoms with E-state index in [1.165, 1.54) is 5.57 Å². The van der Waals surface area contributed by atoms with E-state index in [9.17, 15) is 0 Å². The molecule has 3 heteroatoms. The van der Waals surface area contributed by atoms with Crippen molar-refractivity contribution in [2.45, 2.75) is 13.3 Å². The molecule has 0 radical (unpaired) electrons. The Balaban J connectivity index is 2.21. The van der Waals surface area contributed by atoms with Gasteiger partial charge < -0.3 is 9.73 Å². The first kappa shape index (κ1) is 14.1. The number of hydrogen-bond acceptors (Lipinski definition) is 2. The monoisotopic (exact) mass is 319 g/mol. The molecule has 0 saturated heterocycles. The smallest absolute Gasteiger partial charge is 0.134 e. The number of furan rings is 1. The van der Waals surface area contributed by atoms with E-state index in [0.29, 0.717) is 0 Å². The summed E-state index contributed by atoms with van der Waals surface area (Å²) in [6.45, 7) is 3.05. The summed E-state index contributed by atoms with van der Waals surface area (Å²) in [6, 6.07) is 12.2. The van der Waals surface area contributed by atoms with Gasteiger partial charge in [0.05, 0.1) is 0 Å². The second-order valence-electron chi connectivity index (χ2n) is 4.40. The molecule has 0 aliphatic carbocycles. The van der Waals surface area contributed by atoms with Crippen molar-refractivity contribution in [1.82, 2.24) is 5.32 Å². The quantitative estimate of drug-likeness (QED) is 0.862. The second kappa shape index (κ2) is 6.73. The molecule has 1 N–H and O–H groups in total. The molecule has 100 valence electrons. The van der Waals surface area contributed by atoms with Gasteiger partial charge in [-0.15, -0.1) is 0 Å². The zero-order valence-corrected chi connectivity index (χ0v) is 12.8. The normalized spacial score (nSPS) is 11.8. The van der Waals surface area contributed by atoms with Crippen LogP contribution < -0.4 is 5.32 Å². The van der Waals surface area contributed by atoms with Crippen LogP contribution in [0.4, 0.5) is 0 Å². The van der Waals surface area contributed by atoms with E-state index >= 15 is 0 Å². The second-order valence-corrected chi connectivity index (χ2v) is 5.31. The first-order valence-electron chi connectivity index (χ1n) is 6.42. The van der Waals surface area contributed by atoms with Gasteiger partial charge in [-0.2, -0.15) is 0 Å². The van der Waals surface area contributed by atoms with Gasteiger partial charge >= 0.3 is 0 Å². The van der Waals surface area contributed by atoms with Crippen LogP contribution in [-0.4, -0.2) is 13.6 Å². The van der Waals surface area contributed by atoms with Gasteiger partial charge in [0.1, 0.15) is 11.5 Å². The molecule has 1 aromatic carbocycles. The maximum absolute atomic E-state index is 5.87. The van der Waals surface area contributed by atoms with Crippen LogP contribution in [0.5, 0.6) is 0 Å². The molecule has 0 fully saturated rings. The van der Waals surface area contributed by atoms with Crippen LogP contribution in [0.25, 0.3) is 17.4 Å². The van der Waals surface area contributed by atoms with Crippen LogP contribution in [-0.2, 0) is 0 Å². The molecule has 0 amide bonds. The average molecular weight is 320 g/mol. The Labute approximate surface area is 122 Å². The van der Waals surface area contributed by atoms with Gasteiger partial charge in [0, 0.05) is 16.6 Å². The highest BCUT2D eigenvalue weighted by Crippen LogP contribution is 2.25. The number of likely N-dealkylation sites (N-methyl/N-ethyl adjacent to an activating group) is 1. The topological polar surface area (TPSA) is 25.2 Å². The van der Waals surface area contributed by atoms with Crippen molar-refractivity contribution in [2.24, 2.45) is 0 Å². The zero-order chi connectivity index (χ0) is 13.7. The van der Waals surface area contributed by atoms with Gasteiger partial charge in [0.15, 0.2) is 0 Å². The number of hydrogen-bond donors (Lipinski definition) is 1. The fourth-order valence-electron chi connectivity index (χ4n) is 1.91. The summed E-state index contributed by atoms with van der Waals surface area (Å²) in [7, 11) is 1.96. The number of rotatable bonds is 5. The van der Waals surface area contributed by atoms with Gasteiger partial charge in [-0.05, 0) is 43.8 Å². The van der Waals surface area contributed by atoms with Crippen molar-refractivity contribution in [3.63, 3.8) is 0 Å². The molecule has 0 atom stereocenters. The SMILES string of the molecule is CCC(=Cc1ccc(-c2ccc(Br)cc2)o1)CNC. The molecular formula is C16H18BrNO. The highest BCUT2D eigenvalue weighted by atomic mass is 79.9. The van der Waals surface area contributed by atoms with Gasteiger partial charge in [-0.25, -0.2) is 0 Å². The van der Waals surface area contributed by atoms with Crippen molar-refractivity contribution in [1.29, 1.82) is 0 Å². The third-order valence-electron chi connectivity index (χ3n) is 2.96. The Morgan fingerprint density at radius 2 is 1.95 bits per heavy atom. The first-order chi connectivity index (χ1) is 9.22. The van der Waals surface area contributed by atoms with E-state index in [1.807, 2.05) is 43.4 Å². The first-order valence-corrected chi connectivity index (χ1v) is 7.22. The minimum absolute atomic E-state index is 0.894. The van der Waals surface area contributed by atoms with E-state index in [1.54, 1.807) is 0 Å². The fourth-order valence-corrected chi connectivity index (χ4v) is 2.17. The molecular weight excluding hydrogens is 302 g/mol. The van der Waals surface area contributed by atoms with Crippen LogP contribution >= 0.6 is 15.9 Å². The van der Waals surface area contributed by atoms with Crippen LogP contribution in [0, 0.1) is 0 Å². The Morgan fingerprint density at radius 3 is 2.58 bits per heavy atom. The van der Waals surface area contributed by atoms with Crippen molar-refractivity contribution in [3.8, 4) is 11.3 Å². The fraction of sp³-hybridized carbons (Fsp3) is 0.250.